The molecule has 0 radical (unpaired) electrons. The van der Waals surface area contributed by atoms with Crippen molar-refractivity contribution in [2.75, 3.05) is 36.9 Å². The largest absolute Gasteiger partial charge is 0.406 e. The molecule has 0 unspecified atom stereocenters. The van der Waals surface area contributed by atoms with Gasteiger partial charge in [-0.3, -0.25) is 9.59 Å². The molecular formula is C26H29ClF3N3O2. The highest BCUT2D eigenvalue weighted by molar-refractivity contribution is 6.31. The van der Waals surface area contributed by atoms with Gasteiger partial charge in [0, 0.05) is 23.8 Å². The molecule has 5 nitrogen and oxygen atoms in total. The van der Waals surface area contributed by atoms with Gasteiger partial charge in [-0.2, -0.15) is 13.2 Å². The fraction of sp³-hybridized carbons (Fsp3) is 0.385. The standard InChI is InChI=1S/C23H25ClF3N3O.C3H4O/c1-14-16(6-5-7-18(14)24)22(11-29(4)12-22)28-15-8-9-17-19(10-15)30(13-23(25,26)27)20(31)21(17,2)3;1-2-3-4/h5-10,28H,11-13H2,1-4H3;2-3H,1H2. The summed E-state index contributed by atoms with van der Waals surface area (Å²) < 4.78 is 39.5. The van der Waals surface area contributed by atoms with Crippen LogP contribution >= 0.6 is 11.6 Å². The number of fused-ring (bicyclic) bond motifs is 1. The number of amides is 1. The predicted octanol–water partition coefficient (Wildman–Crippen LogP) is 5.46. The highest BCUT2D eigenvalue weighted by atomic mass is 35.5. The van der Waals surface area contributed by atoms with Crippen LogP contribution in [-0.2, 0) is 20.5 Å². The minimum atomic E-state index is -4.48. The van der Waals surface area contributed by atoms with Crippen LogP contribution in [0.4, 0.5) is 24.5 Å². The van der Waals surface area contributed by atoms with Crippen LogP contribution in [0, 0.1) is 6.92 Å². The number of benzene rings is 2. The molecular weight excluding hydrogens is 479 g/mol. The SMILES string of the molecule is C=CC=O.Cc1c(Cl)cccc1C1(Nc2ccc3c(c2)N(CC(F)(F)F)C(=O)C3(C)C)CN(C)C1. The van der Waals surface area contributed by atoms with E-state index in [-0.39, 0.29) is 0 Å². The Labute approximate surface area is 208 Å². The van der Waals surface area contributed by atoms with E-state index in [1.54, 1.807) is 26.0 Å². The van der Waals surface area contributed by atoms with Crippen molar-refractivity contribution in [3.8, 4) is 0 Å². The number of hydrogen-bond donors (Lipinski definition) is 1. The molecule has 0 aliphatic carbocycles. The molecule has 2 aromatic carbocycles. The topological polar surface area (TPSA) is 52.7 Å². The smallest absolute Gasteiger partial charge is 0.373 e. The molecule has 2 aromatic rings. The minimum Gasteiger partial charge on any atom is -0.373 e. The molecule has 1 amide bonds. The van der Waals surface area contributed by atoms with Gasteiger partial charge < -0.3 is 15.1 Å². The molecule has 0 saturated carbocycles. The van der Waals surface area contributed by atoms with E-state index in [9.17, 15) is 18.0 Å². The fourth-order valence-corrected chi connectivity index (χ4v) is 5.03. The number of likely N-dealkylation sites (tertiary alicyclic amines) is 1. The van der Waals surface area contributed by atoms with E-state index >= 15 is 0 Å². The van der Waals surface area contributed by atoms with Gasteiger partial charge in [-0.15, -0.1) is 0 Å². The molecule has 0 spiro atoms. The minimum absolute atomic E-state index is 0.308. The van der Waals surface area contributed by atoms with Gasteiger partial charge in [-0.1, -0.05) is 36.4 Å². The summed E-state index contributed by atoms with van der Waals surface area (Å²) in [4.78, 5) is 24.8. The second kappa shape index (κ2) is 9.66. The Morgan fingerprint density at radius 1 is 1.17 bits per heavy atom. The Bertz CT molecular complexity index is 1140. The number of halogens is 4. The average Bonchev–Trinajstić information content (AvgIpc) is 2.93. The number of rotatable bonds is 5. The summed E-state index contributed by atoms with van der Waals surface area (Å²) >= 11 is 6.35. The maximum absolute atomic E-state index is 13.2. The normalized spacial score (nSPS) is 18.2. The van der Waals surface area contributed by atoms with Crippen LogP contribution in [-0.4, -0.2) is 50.0 Å². The summed E-state index contributed by atoms with van der Waals surface area (Å²) in [5, 5.41) is 4.21. The molecule has 0 aromatic heterocycles. The maximum atomic E-state index is 13.2. The first-order valence-corrected chi connectivity index (χ1v) is 11.5. The van der Waals surface area contributed by atoms with Crippen LogP contribution in [0.1, 0.15) is 30.5 Å². The van der Waals surface area contributed by atoms with Crippen LogP contribution in [0.25, 0.3) is 0 Å². The number of likely N-dealkylation sites (N-methyl/N-ethyl adjacent to an activating group) is 1. The lowest BCUT2D eigenvalue weighted by Crippen LogP contribution is -2.62. The van der Waals surface area contributed by atoms with Gasteiger partial charge in [0.1, 0.15) is 12.8 Å². The first kappa shape index (κ1) is 26.8. The molecule has 2 heterocycles. The van der Waals surface area contributed by atoms with Gasteiger partial charge in [0.2, 0.25) is 5.91 Å². The lowest BCUT2D eigenvalue weighted by Gasteiger charge is -2.50. The molecule has 2 aliphatic heterocycles. The van der Waals surface area contributed by atoms with Crippen molar-refractivity contribution in [3.63, 3.8) is 0 Å². The quantitative estimate of drug-likeness (QED) is 0.431. The van der Waals surface area contributed by atoms with E-state index < -0.39 is 29.6 Å². The van der Waals surface area contributed by atoms with Crippen LogP contribution in [0.5, 0.6) is 0 Å². The molecule has 9 heteroatoms. The second-order valence-corrected chi connectivity index (χ2v) is 9.93. The van der Waals surface area contributed by atoms with E-state index in [4.69, 9.17) is 16.4 Å². The summed E-state index contributed by atoms with van der Waals surface area (Å²) in [7, 11) is 2.01. The molecule has 35 heavy (non-hydrogen) atoms. The van der Waals surface area contributed by atoms with Gasteiger partial charge >= 0.3 is 6.18 Å². The number of carbonyl (C=O) groups is 2. The zero-order valence-corrected chi connectivity index (χ0v) is 20.9. The van der Waals surface area contributed by atoms with Crippen molar-refractivity contribution in [2.24, 2.45) is 0 Å². The van der Waals surface area contributed by atoms with E-state index in [0.29, 0.717) is 28.2 Å². The van der Waals surface area contributed by atoms with Crippen molar-refractivity contribution in [2.45, 2.75) is 37.9 Å². The molecule has 4 rings (SSSR count). The van der Waals surface area contributed by atoms with Crippen molar-refractivity contribution in [1.82, 2.24) is 4.90 Å². The highest BCUT2D eigenvalue weighted by Gasteiger charge is 2.48. The Kier molecular flexibility index (Phi) is 7.39. The monoisotopic (exact) mass is 507 g/mol. The molecule has 1 N–H and O–H groups in total. The van der Waals surface area contributed by atoms with E-state index in [0.717, 1.165) is 29.1 Å². The number of aldehydes is 1. The maximum Gasteiger partial charge on any atom is 0.406 e. The van der Waals surface area contributed by atoms with Gasteiger partial charge in [0.25, 0.3) is 0 Å². The fourth-order valence-electron chi connectivity index (χ4n) is 4.85. The number of anilines is 2. The first-order valence-electron chi connectivity index (χ1n) is 11.1. The van der Waals surface area contributed by atoms with E-state index in [1.807, 2.05) is 38.2 Å². The predicted molar refractivity (Wildman–Crippen MR) is 133 cm³/mol. The average molecular weight is 508 g/mol. The number of nitrogens with one attached hydrogen (secondary N) is 1. The lowest BCUT2D eigenvalue weighted by atomic mass is 9.80. The van der Waals surface area contributed by atoms with Gasteiger partial charge in [-0.05, 0) is 68.8 Å². The van der Waals surface area contributed by atoms with Gasteiger partial charge in [0.15, 0.2) is 0 Å². The van der Waals surface area contributed by atoms with Crippen LogP contribution in [0.2, 0.25) is 5.02 Å². The van der Waals surface area contributed by atoms with E-state index in [1.165, 1.54) is 6.08 Å². The Balaban J connectivity index is 0.000000795. The van der Waals surface area contributed by atoms with Crippen molar-refractivity contribution < 1.29 is 22.8 Å². The van der Waals surface area contributed by atoms with Crippen molar-refractivity contribution in [1.29, 1.82) is 0 Å². The molecule has 1 fully saturated rings. The number of alkyl halides is 3. The molecule has 2 aliphatic rings. The summed E-state index contributed by atoms with van der Waals surface area (Å²) in [5.41, 5.74) is 2.20. The third-order valence-electron chi connectivity index (χ3n) is 6.42. The Morgan fingerprint density at radius 3 is 2.34 bits per heavy atom. The van der Waals surface area contributed by atoms with Crippen LogP contribution < -0.4 is 10.2 Å². The Morgan fingerprint density at radius 2 is 1.80 bits per heavy atom. The second-order valence-electron chi connectivity index (χ2n) is 9.53. The Hall–Kier alpha value is -2.84. The first-order chi connectivity index (χ1) is 16.3. The highest BCUT2D eigenvalue weighted by Crippen LogP contribution is 2.45. The zero-order chi connectivity index (χ0) is 26.2. The molecule has 0 bridgehead atoms. The molecule has 188 valence electrons. The number of allylic oxidation sites excluding steroid dienone is 1. The number of carbonyl (C=O) groups excluding carboxylic acids is 2. The lowest BCUT2D eigenvalue weighted by molar-refractivity contribution is -0.134. The van der Waals surface area contributed by atoms with Crippen LogP contribution in [0.15, 0.2) is 49.1 Å². The number of nitrogens with zero attached hydrogens (tertiary/aromatic N) is 2. The van der Waals surface area contributed by atoms with Crippen molar-refractivity contribution >= 4 is 35.2 Å². The summed E-state index contributed by atoms with van der Waals surface area (Å²) in [6, 6.07) is 11.0. The summed E-state index contributed by atoms with van der Waals surface area (Å²) in [6.45, 7) is 8.55. The van der Waals surface area contributed by atoms with Crippen LogP contribution in [0.3, 0.4) is 0 Å². The molecule has 1 saturated heterocycles. The van der Waals surface area contributed by atoms with E-state index in [2.05, 4.69) is 16.8 Å². The summed E-state index contributed by atoms with van der Waals surface area (Å²) in [5.74, 6) is -0.541. The number of hydrogen-bond acceptors (Lipinski definition) is 4. The summed E-state index contributed by atoms with van der Waals surface area (Å²) in [6.07, 6.45) is -2.65. The van der Waals surface area contributed by atoms with Gasteiger partial charge in [-0.25, -0.2) is 0 Å². The van der Waals surface area contributed by atoms with Crippen molar-refractivity contribution in [3.05, 3.63) is 70.8 Å². The van der Waals surface area contributed by atoms with Gasteiger partial charge in [0.05, 0.1) is 16.6 Å². The zero-order valence-electron chi connectivity index (χ0n) is 20.2. The third-order valence-corrected chi connectivity index (χ3v) is 6.83. The molecule has 0 atom stereocenters. The third kappa shape index (κ3) is 5.23.